The molecule has 0 heterocycles. The molecule has 2 aliphatic carbocycles. The average molecular weight is 605 g/mol. The molecule has 0 aromatic rings. The predicted molar refractivity (Wildman–Crippen MR) is 131 cm³/mol. The van der Waals surface area contributed by atoms with Gasteiger partial charge in [0.2, 0.25) is 3.79 Å². The molecule has 0 atom stereocenters. The number of rotatable bonds is 0. The van der Waals surface area contributed by atoms with Gasteiger partial charge in [-0.1, -0.05) is 167 Å². The molecule has 2 saturated carbocycles. The summed E-state index contributed by atoms with van der Waals surface area (Å²) >= 11 is 55.6. The summed E-state index contributed by atoms with van der Waals surface area (Å²) in [7, 11) is 0. The average Bonchev–Trinajstić information content (AvgIpc) is 2.54. The quantitative estimate of drug-likeness (QED) is 0.241. The maximum absolute atomic E-state index is 5.12. The summed E-state index contributed by atoms with van der Waals surface area (Å²) in [6.07, 6.45) is 12.4. The molecule has 2 aliphatic rings. The second-order valence-electron chi connectivity index (χ2n) is 6.14. The molecule has 0 bridgehead atoms. The summed E-state index contributed by atoms with van der Waals surface area (Å²) in [4.78, 5) is 0. The molecular weight excluding hydrogens is 582 g/mol. The second-order valence-corrected chi connectivity index (χ2v) is 13.7. The van der Waals surface area contributed by atoms with Crippen molar-refractivity contribution >= 4 is 128 Å². The van der Waals surface area contributed by atoms with E-state index < -0.39 is 7.59 Å². The molecule has 0 spiro atoms. The van der Waals surface area contributed by atoms with Crippen LogP contribution in [-0.2, 0) is 0 Å². The van der Waals surface area contributed by atoms with Crippen LogP contribution in [0.1, 0.15) is 58.3 Å². The molecule has 0 aromatic carbocycles. The molecule has 0 nitrogen and oxygen atoms in total. The molecule has 0 radical (unpaired) electrons. The minimum Gasteiger partial charge on any atom is -0.122 e. The van der Waals surface area contributed by atoms with Crippen molar-refractivity contribution in [3.63, 3.8) is 0 Å². The van der Waals surface area contributed by atoms with Crippen molar-refractivity contribution < 1.29 is 0 Å². The highest BCUT2D eigenvalue weighted by molar-refractivity contribution is 6.69. The molecular formula is C16H23Cl11. The summed E-state index contributed by atoms with van der Waals surface area (Å²) in [5.41, 5.74) is 0. The molecule has 164 valence electrons. The van der Waals surface area contributed by atoms with Gasteiger partial charge in [-0.3, -0.25) is 0 Å². The van der Waals surface area contributed by atoms with Crippen LogP contribution in [-0.4, -0.2) is 13.5 Å². The van der Waals surface area contributed by atoms with E-state index in [0.29, 0.717) is 0 Å². The van der Waals surface area contributed by atoms with Gasteiger partial charge in [0.25, 0.3) is 0 Å². The van der Waals surface area contributed by atoms with E-state index in [1.54, 1.807) is 25.7 Å². The number of halogens is 11. The Balaban J connectivity index is 0. The summed E-state index contributed by atoms with van der Waals surface area (Å²) < 4.78 is -2.56. The summed E-state index contributed by atoms with van der Waals surface area (Å²) in [6, 6.07) is 0. The fraction of sp³-hybridized carbons (Fsp3) is 0.875. The first-order valence-electron chi connectivity index (χ1n) is 8.23. The maximum atomic E-state index is 5.12. The zero-order valence-electron chi connectivity index (χ0n) is 14.7. The van der Waals surface area contributed by atoms with E-state index in [9.17, 15) is 0 Å². The van der Waals surface area contributed by atoms with Gasteiger partial charge >= 0.3 is 0 Å². The first-order chi connectivity index (χ1) is 12.2. The zero-order chi connectivity index (χ0) is 21.7. The third kappa shape index (κ3) is 26.9. The van der Waals surface area contributed by atoms with E-state index in [1.165, 1.54) is 32.6 Å². The maximum Gasteiger partial charge on any atom is 0.203 e. The summed E-state index contributed by atoms with van der Waals surface area (Å²) in [6.45, 7) is 1.48. The SMILES string of the molecule is C1CCC2CCCCC2C1.CC(Cl)(Cl)Cl.ClC(Cl)=C(Cl)Cl.ClCC(Cl)(Cl)Cl. The Morgan fingerprint density at radius 1 is 0.667 bits per heavy atom. The fourth-order valence-corrected chi connectivity index (χ4v) is 2.86. The molecule has 27 heavy (non-hydrogen) atoms. The van der Waals surface area contributed by atoms with Crippen LogP contribution in [0.3, 0.4) is 0 Å². The first kappa shape index (κ1) is 32.1. The Kier molecular flexibility index (Phi) is 20.8. The van der Waals surface area contributed by atoms with Crippen molar-refractivity contribution in [3.8, 4) is 0 Å². The van der Waals surface area contributed by atoms with E-state index in [0.717, 1.165) is 11.8 Å². The van der Waals surface area contributed by atoms with Gasteiger partial charge in [-0.25, -0.2) is 0 Å². The zero-order valence-corrected chi connectivity index (χ0v) is 23.0. The standard InChI is InChI=1S/C10H18.C2H2Cl4.C2Cl4.C2H3Cl3/c1-2-6-10-8-4-3-7-9(10)5-1;3-1-2(4,5)6;3-1(4)2(5)6;1-2(3,4)5/h9-10H,1-8H2;1H2;;1H3. The highest BCUT2D eigenvalue weighted by Crippen LogP contribution is 2.40. The van der Waals surface area contributed by atoms with Crippen LogP contribution in [0.15, 0.2) is 8.98 Å². The van der Waals surface area contributed by atoms with Crippen molar-refractivity contribution in [3.05, 3.63) is 8.98 Å². The van der Waals surface area contributed by atoms with Crippen molar-refractivity contribution in [2.75, 3.05) is 5.88 Å². The normalized spacial score (nSPS) is 21.8. The largest absolute Gasteiger partial charge is 0.203 e. The Bertz CT molecular complexity index is 348. The molecule has 0 N–H and O–H groups in total. The lowest BCUT2D eigenvalue weighted by atomic mass is 9.71. The predicted octanol–water partition coefficient (Wildman–Crippen LogP) is 11.4. The lowest BCUT2D eigenvalue weighted by Crippen LogP contribution is -2.22. The number of fused-ring (bicyclic) bond motifs is 1. The molecule has 0 aliphatic heterocycles. The Morgan fingerprint density at radius 3 is 0.963 bits per heavy atom. The molecule has 2 rings (SSSR count). The van der Waals surface area contributed by atoms with Crippen LogP contribution < -0.4 is 0 Å². The van der Waals surface area contributed by atoms with E-state index >= 15 is 0 Å². The van der Waals surface area contributed by atoms with Crippen molar-refractivity contribution in [2.24, 2.45) is 11.8 Å². The molecule has 0 saturated heterocycles. The second kappa shape index (κ2) is 17.5. The van der Waals surface area contributed by atoms with Crippen molar-refractivity contribution in [2.45, 2.75) is 65.9 Å². The molecule has 2 fully saturated rings. The van der Waals surface area contributed by atoms with Gasteiger partial charge in [0.1, 0.15) is 8.98 Å². The van der Waals surface area contributed by atoms with Gasteiger partial charge in [-0.05, 0) is 18.8 Å². The smallest absolute Gasteiger partial charge is 0.122 e. The number of hydrogen-bond donors (Lipinski definition) is 0. The molecule has 0 amide bonds. The van der Waals surface area contributed by atoms with Crippen molar-refractivity contribution in [1.82, 2.24) is 0 Å². The van der Waals surface area contributed by atoms with Gasteiger partial charge < -0.3 is 0 Å². The van der Waals surface area contributed by atoms with E-state index in [-0.39, 0.29) is 14.9 Å². The van der Waals surface area contributed by atoms with Crippen LogP contribution in [0, 0.1) is 11.8 Å². The monoisotopic (exact) mass is 600 g/mol. The topological polar surface area (TPSA) is 0 Å². The van der Waals surface area contributed by atoms with E-state index in [2.05, 4.69) is 0 Å². The minimum atomic E-state index is -1.28. The number of hydrogen-bond acceptors (Lipinski definition) is 0. The Hall–Kier alpha value is 2.93. The van der Waals surface area contributed by atoms with Gasteiger partial charge in [0.15, 0.2) is 3.79 Å². The van der Waals surface area contributed by atoms with Gasteiger partial charge in [0, 0.05) is 0 Å². The lowest BCUT2D eigenvalue weighted by molar-refractivity contribution is 0.171. The Labute approximate surface area is 218 Å². The van der Waals surface area contributed by atoms with Crippen LogP contribution >= 0.6 is 128 Å². The highest BCUT2D eigenvalue weighted by Gasteiger charge is 2.26. The molecule has 11 heteroatoms. The lowest BCUT2D eigenvalue weighted by Gasteiger charge is -2.35. The van der Waals surface area contributed by atoms with E-state index in [1.807, 2.05) is 0 Å². The van der Waals surface area contributed by atoms with Crippen LogP contribution in [0.25, 0.3) is 0 Å². The third-order valence-corrected chi connectivity index (χ3v) is 6.12. The van der Waals surface area contributed by atoms with Crippen LogP contribution in [0.2, 0.25) is 0 Å². The van der Waals surface area contributed by atoms with Gasteiger partial charge in [0.05, 0.1) is 5.88 Å². The molecule has 0 unspecified atom stereocenters. The van der Waals surface area contributed by atoms with Gasteiger partial charge in [-0.2, -0.15) is 0 Å². The fourth-order valence-electron chi connectivity index (χ4n) is 2.86. The van der Waals surface area contributed by atoms with E-state index in [4.69, 9.17) is 128 Å². The molecule has 0 aromatic heterocycles. The third-order valence-electron chi connectivity index (χ3n) is 3.76. The Morgan fingerprint density at radius 2 is 0.852 bits per heavy atom. The summed E-state index contributed by atoms with van der Waals surface area (Å²) in [5.74, 6) is 2.35. The summed E-state index contributed by atoms with van der Waals surface area (Å²) in [5, 5.41) is 0. The van der Waals surface area contributed by atoms with Crippen molar-refractivity contribution in [1.29, 1.82) is 0 Å². The first-order valence-corrected chi connectivity index (χ1v) is 12.5. The minimum absolute atomic E-state index is 0.0394. The van der Waals surface area contributed by atoms with Crippen LogP contribution in [0.4, 0.5) is 0 Å². The number of alkyl halides is 7. The van der Waals surface area contributed by atoms with Crippen LogP contribution in [0.5, 0.6) is 0 Å². The highest BCUT2D eigenvalue weighted by atomic mass is 35.6. The van der Waals surface area contributed by atoms with Gasteiger partial charge in [-0.15, -0.1) is 11.6 Å².